The number of ether oxygens (including phenoxy) is 1. The summed E-state index contributed by atoms with van der Waals surface area (Å²) < 4.78 is 4.63. The fraction of sp³-hybridized carbons (Fsp3) is 0.300. The first-order valence-electron chi connectivity index (χ1n) is 5.59. The molecule has 0 aliphatic rings. The van der Waals surface area contributed by atoms with Gasteiger partial charge in [0.15, 0.2) is 6.73 Å². The van der Waals surface area contributed by atoms with Crippen molar-refractivity contribution in [1.82, 2.24) is 15.7 Å². The van der Waals surface area contributed by atoms with E-state index in [0.717, 1.165) is 6.20 Å². The van der Waals surface area contributed by atoms with Crippen LogP contribution in [0.3, 0.4) is 0 Å². The highest BCUT2D eigenvalue weighted by Crippen LogP contribution is 2.10. The number of hydrogen-bond donors (Lipinski definition) is 3. The van der Waals surface area contributed by atoms with Gasteiger partial charge in [-0.3, -0.25) is 25.8 Å². The molecule has 1 rings (SSSR count). The van der Waals surface area contributed by atoms with E-state index in [2.05, 4.69) is 25.9 Å². The van der Waals surface area contributed by atoms with Crippen LogP contribution in [0.2, 0.25) is 0 Å². The lowest BCUT2D eigenvalue weighted by Crippen LogP contribution is -2.40. The number of esters is 1. The van der Waals surface area contributed by atoms with E-state index in [1.54, 1.807) is 6.92 Å². The molecule has 0 spiro atoms. The van der Waals surface area contributed by atoms with Gasteiger partial charge in [0.05, 0.1) is 4.92 Å². The lowest BCUT2D eigenvalue weighted by Gasteiger charge is -2.09. The van der Waals surface area contributed by atoms with Gasteiger partial charge in [0.2, 0.25) is 0 Å². The monoisotopic (exact) mass is 283 g/mol. The Kier molecular flexibility index (Phi) is 5.69. The van der Waals surface area contributed by atoms with E-state index >= 15 is 0 Å². The smallest absolute Gasteiger partial charge is 0.336 e. The number of carbonyl (C=O) groups excluding carboxylic acids is 2. The Balaban J connectivity index is 2.30. The van der Waals surface area contributed by atoms with E-state index < -0.39 is 16.9 Å². The third-order valence-corrected chi connectivity index (χ3v) is 2.02. The number of rotatable bonds is 6. The van der Waals surface area contributed by atoms with Gasteiger partial charge in [0.1, 0.15) is 12.0 Å². The van der Waals surface area contributed by atoms with Gasteiger partial charge in [-0.15, -0.1) is 0 Å². The van der Waals surface area contributed by atoms with E-state index in [1.165, 1.54) is 12.1 Å². The molecule has 20 heavy (non-hydrogen) atoms. The van der Waals surface area contributed by atoms with Crippen LogP contribution in [0.1, 0.15) is 13.3 Å². The molecule has 0 aliphatic carbocycles. The van der Waals surface area contributed by atoms with Crippen LogP contribution < -0.4 is 16.2 Å². The SMILES string of the molecule is CCC(=O)OCNC(=O)NNc1ccc([N+](=O)[O-])cn1. The first kappa shape index (κ1) is 15.1. The maximum atomic E-state index is 11.2. The van der Waals surface area contributed by atoms with Crippen LogP contribution in [-0.2, 0) is 9.53 Å². The van der Waals surface area contributed by atoms with Gasteiger partial charge in [-0.05, 0) is 6.07 Å². The van der Waals surface area contributed by atoms with Crippen LogP contribution >= 0.6 is 0 Å². The lowest BCUT2D eigenvalue weighted by molar-refractivity contribution is -0.385. The molecule has 1 heterocycles. The lowest BCUT2D eigenvalue weighted by atomic mass is 10.4. The van der Waals surface area contributed by atoms with E-state index in [0.29, 0.717) is 0 Å². The highest BCUT2D eigenvalue weighted by Gasteiger charge is 2.06. The highest BCUT2D eigenvalue weighted by molar-refractivity contribution is 5.75. The number of nitrogens with zero attached hydrogens (tertiary/aromatic N) is 2. The largest absolute Gasteiger partial charge is 0.444 e. The second-order valence-corrected chi connectivity index (χ2v) is 3.43. The van der Waals surface area contributed by atoms with Gasteiger partial charge in [-0.25, -0.2) is 9.78 Å². The van der Waals surface area contributed by atoms with Crippen molar-refractivity contribution in [2.75, 3.05) is 12.2 Å². The number of aromatic nitrogens is 1. The van der Waals surface area contributed by atoms with Crippen molar-refractivity contribution in [2.45, 2.75) is 13.3 Å². The summed E-state index contributed by atoms with van der Waals surface area (Å²) in [7, 11) is 0. The van der Waals surface area contributed by atoms with Crippen molar-refractivity contribution in [1.29, 1.82) is 0 Å². The van der Waals surface area contributed by atoms with Crippen LogP contribution in [0.25, 0.3) is 0 Å². The molecular formula is C10H13N5O5. The molecule has 10 heteroatoms. The molecule has 0 atom stereocenters. The first-order valence-corrected chi connectivity index (χ1v) is 5.59. The normalized spacial score (nSPS) is 9.45. The molecule has 0 aromatic carbocycles. The third-order valence-electron chi connectivity index (χ3n) is 2.02. The Bertz CT molecular complexity index is 489. The zero-order valence-corrected chi connectivity index (χ0v) is 10.6. The number of amides is 2. The van der Waals surface area contributed by atoms with Crippen molar-refractivity contribution in [3.05, 3.63) is 28.4 Å². The number of nitro groups is 1. The zero-order chi connectivity index (χ0) is 15.0. The topological polar surface area (TPSA) is 135 Å². The molecule has 10 nitrogen and oxygen atoms in total. The number of anilines is 1. The van der Waals surface area contributed by atoms with Crippen LogP contribution in [-0.4, -0.2) is 28.6 Å². The van der Waals surface area contributed by atoms with Gasteiger partial charge in [-0.2, -0.15) is 0 Å². The fourth-order valence-corrected chi connectivity index (χ4v) is 1.02. The van der Waals surface area contributed by atoms with Crippen LogP contribution in [0.15, 0.2) is 18.3 Å². The predicted octanol–water partition coefficient (Wildman–Crippen LogP) is 0.527. The second-order valence-electron chi connectivity index (χ2n) is 3.43. The van der Waals surface area contributed by atoms with Crippen molar-refractivity contribution in [3.63, 3.8) is 0 Å². The predicted molar refractivity (Wildman–Crippen MR) is 67.4 cm³/mol. The minimum absolute atomic E-state index is 0.161. The van der Waals surface area contributed by atoms with Crippen LogP contribution in [0.4, 0.5) is 16.3 Å². The average molecular weight is 283 g/mol. The minimum Gasteiger partial charge on any atom is -0.444 e. The molecule has 1 aromatic rings. The fourth-order valence-electron chi connectivity index (χ4n) is 1.02. The van der Waals surface area contributed by atoms with Gasteiger partial charge >= 0.3 is 12.0 Å². The molecule has 0 radical (unpaired) electrons. The molecule has 0 aliphatic heterocycles. The summed E-state index contributed by atoms with van der Waals surface area (Å²) in [6.07, 6.45) is 1.26. The van der Waals surface area contributed by atoms with Crippen molar-refractivity contribution >= 4 is 23.5 Å². The van der Waals surface area contributed by atoms with E-state index in [1.807, 2.05) is 0 Å². The van der Waals surface area contributed by atoms with Gasteiger partial charge < -0.3 is 10.1 Å². The summed E-state index contributed by atoms with van der Waals surface area (Å²) >= 11 is 0. The molecule has 108 valence electrons. The summed E-state index contributed by atoms with van der Waals surface area (Å²) in [5.41, 5.74) is 4.48. The Morgan fingerprint density at radius 1 is 1.45 bits per heavy atom. The number of urea groups is 1. The van der Waals surface area contributed by atoms with Crippen LogP contribution in [0, 0.1) is 10.1 Å². The third kappa shape index (κ3) is 5.16. The van der Waals surface area contributed by atoms with Crippen LogP contribution in [0.5, 0.6) is 0 Å². The quantitative estimate of drug-likeness (QED) is 0.300. The van der Waals surface area contributed by atoms with Gasteiger partial charge in [0.25, 0.3) is 5.69 Å². The zero-order valence-electron chi connectivity index (χ0n) is 10.6. The first-order chi connectivity index (χ1) is 9.52. The van der Waals surface area contributed by atoms with E-state index in [9.17, 15) is 19.7 Å². The molecule has 0 bridgehead atoms. The molecule has 0 saturated carbocycles. The van der Waals surface area contributed by atoms with E-state index in [-0.39, 0.29) is 24.7 Å². The Labute approximate surface area is 113 Å². The highest BCUT2D eigenvalue weighted by atomic mass is 16.6. The van der Waals surface area contributed by atoms with Crippen molar-refractivity contribution in [3.8, 4) is 0 Å². The molecular weight excluding hydrogens is 270 g/mol. The van der Waals surface area contributed by atoms with Gasteiger partial charge in [-0.1, -0.05) is 6.92 Å². The molecule has 2 amide bonds. The summed E-state index contributed by atoms with van der Waals surface area (Å²) in [6, 6.07) is 1.92. The molecule has 0 unspecified atom stereocenters. The molecule has 0 fully saturated rings. The average Bonchev–Trinajstić information content (AvgIpc) is 2.45. The van der Waals surface area contributed by atoms with Crippen molar-refractivity contribution in [2.24, 2.45) is 0 Å². The minimum atomic E-state index is -0.644. The van der Waals surface area contributed by atoms with Crippen molar-refractivity contribution < 1.29 is 19.2 Å². The Hall–Kier alpha value is -2.91. The molecule has 1 aromatic heterocycles. The summed E-state index contributed by atoms with van der Waals surface area (Å²) in [5, 5.41) is 12.7. The number of hydrogen-bond acceptors (Lipinski definition) is 7. The number of carbonyl (C=O) groups is 2. The Morgan fingerprint density at radius 3 is 2.75 bits per heavy atom. The number of pyridine rings is 1. The Morgan fingerprint density at radius 2 is 2.20 bits per heavy atom. The maximum Gasteiger partial charge on any atom is 0.336 e. The summed E-state index contributed by atoms with van der Waals surface area (Å²) in [4.78, 5) is 35.6. The number of hydrazine groups is 1. The van der Waals surface area contributed by atoms with E-state index in [4.69, 9.17) is 0 Å². The molecule has 3 N–H and O–H groups in total. The standard InChI is InChI=1S/C10H13N5O5/c1-2-9(16)20-6-12-10(17)14-13-8-4-3-7(5-11-8)15(18)19/h3-5H,2,6H2,1H3,(H,11,13)(H2,12,14,17). The second kappa shape index (κ2) is 7.51. The number of nitrogens with one attached hydrogen (secondary N) is 3. The maximum absolute atomic E-state index is 11.2. The summed E-state index contributed by atoms with van der Waals surface area (Å²) in [6.45, 7) is 1.37. The molecule has 0 saturated heterocycles. The summed E-state index contributed by atoms with van der Waals surface area (Å²) in [5.74, 6) is -0.216. The van der Waals surface area contributed by atoms with Gasteiger partial charge in [0, 0.05) is 12.5 Å².